The van der Waals surface area contributed by atoms with Gasteiger partial charge in [0.25, 0.3) is 5.91 Å². The van der Waals surface area contributed by atoms with Gasteiger partial charge >= 0.3 is 0 Å². The molecule has 0 radical (unpaired) electrons. The fourth-order valence-corrected chi connectivity index (χ4v) is 2.80. The minimum atomic E-state index is -0.454. The third-order valence-corrected chi connectivity index (χ3v) is 4.49. The maximum absolute atomic E-state index is 12.4. The molecular weight excluding hydrogens is 316 g/mol. The van der Waals surface area contributed by atoms with Gasteiger partial charge in [0.15, 0.2) is 6.10 Å². The Bertz CT molecular complexity index is 531. The van der Waals surface area contributed by atoms with Crippen LogP contribution in [0.4, 0.5) is 0 Å². The zero-order valence-corrected chi connectivity index (χ0v) is 16.0. The van der Waals surface area contributed by atoms with E-state index in [4.69, 9.17) is 9.47 Å². The quantitative estimate of drug-likeness (QED) is 0.823. The SMILES string of the molecule is CC[C@H](Oc1ccc(C(C)(C)C)cc1)C(=O)NCCN1CCOCC1. The number of morpholine rings is 1. The van der Waals surface area contributed by atoms with Crippen LogP contribution in [-0.2, 0) is 14.9 Å². The maximum atomic E-state index is 12.4. The van der Waals surface area contributed by atoms with E-state index in [1.807, 2.05) is 19.1 Å². The number of nitrogens with one attached hydrogen (secondary N) is 1. The first-order valence-corrected chi connectivity index (χ1v) is 9.25. The molecule has 1 aromatic carbocycles. The van der Waals surface area contributed by atoms with Crippen LogP contribution in [0.3, 0.4) is 0 Å². The molecule has 1 aliphatic heterocycles. The molecule has 0 bridgehead atoms. The number of nitrogens with zero attached hydrogens (tertiary/aromatic N) is 1. The van der Waals surface area contributed by atoms with E-state index in [1.165, 1.54) is 5.56 Å². The van der Waals surface area contributed by atoms with Crippen LogP contribution in [0.15, 0.2) is 24.3 Å². The van der Waals surface area contributed by atoms with Gasteiger partial charge in [0, 0.05) is 26.2 Å². The second kappa shape index (κ2) is 9.20. The summed E-state index contributed by atoms with van der Waals surface area (Å²) in [5, 5.41) is 2.99. The lowest BCUT2D eigenvalue weighted by Gasteiger charge is -2.27. The number of amides is 1. The third-order valence-electron chi connectivity index (χ3n) is 4.49. The van der Waals surface area contributed by atoms with Crippen LogP contribution in [0.2, 0.25) is 0 Å². The minimum absolute atomic E-state index is 0.0457. The van der Waals surface area contributed by atoms with Gasteiger partial charge in [-0.1, -0.05) is 39.8 Å². The number of carbonyl (C=O) groups is 1. The summed E-state index contributed by atoms with van der Waals surface area (Å²) in [6, 6.07) is 8.03. The molecular formula is C20H32N2O3. The van der Waals surface area contributed by atoms with Crippen LogP contribution < -0.4 is 10.1 Å². The van der Waals surface area contributed by atoms with E-state index in [2.05, 4.69) is 43.1 Å². The molecule has 0 aliphatic carbocycles. The Morgan fingerprint density at radius 3 is 2.44 bits per heavy atom. The lowest BCUT2D eigenvalue weighted by Crippen LogP contribution is -2.44. The summed E-state index contributed by atoms with van der Waals surface area (Å²) in [7, 11) is 0. The van der Waals surface area contributed by atoms with Crippen LogP contribution in [-0.4, -0.2) is 56.3 Å². The molecule has 1 amide bonds. The predicted octanol–water partition coefficient (Wildman–Crippen LogP) is 2.59. The Morgan fingerprint density at radius 1 is 1.24 bits per heavy atom. The van der Waals surface area contributed by atoms with Crippen molar-refractivity contribution in [3.8, 4) is 5.75 Å². The Labute approximate surface area is 151 Å². The average Bonchev–Trinajstić information content (AvgIpc) is 2.60. The number of carbonyl (C=O) groups excluding carboxylic acids is 1. The Kier molecular flexibility index (Phi) is 7.26. The summed E-state index contributed by atoms with van der Waals surface area (Å²) in [6.45, 7) is 13.4. The summed E-state index contributed by atoms with van der Waals surface area (Å²) >= 11 is 0. The van der Waals surface area contributed by atoms with Gasteiger partial charge < -0.3 is 14.8 Å². The van der Waals surface area contributed by atoms with Gasteiger partial charge in [-0.05, 0) is 29.5 Å². The Hall–Kier alpha value is -1.59. The number of ether oxygens (including phenoxy) is 2. The first-order valence-electron chi connectivity index (χ1n) is 9.25. The summed E-state index contributed by atoms with van der Waals surface area (Å²) < 4.78 is 11.2. The molecule has 1 atom stereocenters. The molecule has 1 heterocycles. The molecule has 140 valence electrons. The molecule has 1 fully saturated rings. The van der Waals surface area contributed by atoms with Crippen molar-refractivity contribution in [2.45, 2.75) is 45.6 Å². The van der Waals surface area contributed by atoms with Crippen molar-refractivity contribution in [3.05, 3.63) is 29.8 Å². The molecule has 0 saturated carbocycles. The van der Waals surface area contributed by atoms with Crippen molar-refractivity contribution in [2.24, 2.45) is 0 Å². The highest BCUT2D eigenvalue weighted by molar-refractivity contribution is 5.81. The zero-order chi connectivity index (χ0) is 18.3. The van der Waals surface area contributed by atoms with E-state index in [0.717, 1.165) is 38.6 Å². The van der Waals surface area contributed by atoms with Gasteiger partial charge in [0.1, 0.15) is 5.75 Å². The molecule has 5 heteroatoms. The van der Waals surface area contributed by atoms with Crippen LogP contribution >= 0.6 is 0 Å². The standard InChI is InChI=1S/C20H32N2O3/c1-5-18(19(23)21-10-11-22-12-14-24-15-13-22)25-17-8-6-16(7-9-17)20(2,3)4/h6-9,18H,5,10-15H2,1-4H3,(H,21,23)/t18-/m0/s1. The highest BCUT2D eigenvalue weighted by Crippen LogP contribution is 2.24. The summed E-state index contributed by atoms with van der Waals surface area (Å²) in [5.74, 6) is 0.693. The van der Waals surface area contributed by atoms with Crippen molar-refractivity contribution in [1.29, 1.82) is 0 Å². The molecule has 0 spiro atoms. The lowest BCUT2D eigenvalue weighted by molar-refractivity contribution is -0.128. The highest BCUT2D eigenvalue weighted by Gasteiger charge is 2.19. The van der Waals surface area contributed by atoms with Crippen molar-refractivity contribution in [3.63, 3.8) is 0 Å². The maximum Gasteiger partial charge on any atom is 0.261 e. The molecule has 1 aromatic rings. The van der Waals surface area contributed by atoms with E-state index >= 15 is 0 Å². The summed E-state index contributed by atoms with van der Waals surface area (Å²) in [5.41, 5.74) is 1.36. The van der Waals surface area contributed by atoms with E-state index in [1.54, 1.807) is 0 Å². The van der Waals surface area contributed by atoms with Crippen LogP contribution in [0.25, 0.3) is 0 Å². The molecule has 5 nitrogen and oxygen atoms in total. The van der Waals surface area contributed by atoms with Crippen molar-refractivity contribution in [2.75, 3.05) is 39.4 Å². The smallest absolute Gasteiger partial charge is 0.261 e. The Morgan fingerprint density at radius 2 is 1.88 bits per heavy atom. The molecule has 0 unspecified atom stereocenters. The number of hydrogen-bond donors (Lipinski definition) is 1. The lowest BCUT2D eigenvalue weighted by atomic mass is 9.87. The molecule has 1 aliphatic rings. The number of benzene rings is 1. The van der Waals surface area contributed by atoms with Gasteiger partial charge in [-0.25, -0.2) is 0 Å². The first-order chi connectivity index (χ1) is 11.9. The second-order valence-corrected chi connectivity index (χ2v) is 7.53. The normalized spacial score (nSPS) is 17.1. The topological polar surface area (TPSA) is 50.8 Å². The van der Waals surface area contributed by atoms with E-state index in [0.29, 0.717) is 13.0 Å². The van der Waals surface area contributed by atoms with Gasteiger partial charge in [-0.15, -0.1) is 0 Å². The largest absolute Gasteiger partial charge is 0.481 e. The first kappa shape index (κ1) is 19.7. The van der Waals surface area contributed by atoms with Crippen LogP contribution in [0.5, 0.6) is 5.75 Å². The van der Waals surface area contributed by atoms with Crippen LogP contribution in [0, 0.1) is 0 Å². The molecule has 0 aromatic heterocycles. The average molecular weight is 348 g/mol. The fraction of sp³-hybridized carbons (Fsp3) is 0.650. The van der Waals surface area contributed by atoms with Crippen molar-refractivity contribution >= 4 is 5.91 Å². The highest BCUT2D eigenvalue weighted by atomic mass is 16.5. The number of rotatable bonds is 7. The number of hydrogen-bond acceptors (Lipinski definition) is 4. The third kappa shape index (κ3) is 6.33. The van der Waals surface area contributed by atoms with Gasteiger partial charge in [0.05, 0.1) is 13.2 Å². The van der Waals surface area contributed by atoms with E-state index < -0.39 is 6.10 Å². The molecule has 1 N–H and O–H groups in total. The molecule has 1 saturated heterocycles. The van der Waals surface area contributed by atoms with Gasteiger partial charge in [-0.3, -0.25) is 9.69 Å². The minimum Gasteiger partial charge on any atom is -0.481 e. The summed E-state index contributed by atoms with van der Waals surface area (Å²) in [6.07, 6.45) is 0.190. The van der Waals surface area contributed by atoms with Crippen molar-refractivity contribution in [1.82, 2.24) is 10.2 Å². The molecule has 25 heavy (non-hydrogen) atoms. The molecule has 2 rings (SSSR count). The predicted molar refractivity (Wildman–Crippen MR) is 100 cm³/mol. The zero-order valence-electron chi connectivity index (χ0n) is 16.0. The van der Waals surface area contributed by atoms with E-state index in [9.17, 15) is 4.79 Å². The van der Waals surface area contributed by atoms with Gasteiger partial charge in [0.2, 0.25) is 0 Å². The van der Waals surface area contributed by atoms with Gasteiger partial charge in [-0.2, -0.15) is 0 Å². The Balaban J connectivity index is 1.80. The van der Waals surface area contributed by atoms with E-state index in [-0.39, 0.29) is 11.3 Å². The fourth-order valence-electron chi connectivity index (χ4n) is 2.80. The van der Waals surface area contributed by atoms with Crippen LogP contribution in [0.1, 0.15) is 39.7 Å². The van der Waals surface area contributed by atoms with Crippen molar-refractivity contribution < 1.29 is 14.3 Å². The summed E-state index contributed by atoms with van der Waals surface area (Å²) in [4.78, 5) is 14.7. The second-order valence-electron chi connectivity index (χ2n) is 7.53. The monoisotopic (exact) mass is 348 g/mol.